The third kappa shape index (κ3) is 4.18. The van der Waals surface area contributed by atoms with Crippen LogP contribution in [0.3, 0.4) is 0 Å². The van der Waals surface area contributed by atoms with E-state index >= 15 is 0 Å². The second kappa shape index (κ2) is 7.79. The second-order valence-electron chi connectivity index (χ2n) is 6.18. The van der Waals surface area contributed by atoms with Crippen LogP contribution in [0.2, 0.25) is 0 Å². The number of phenols is 1. The van der Waals surface area contributed by atoms with Crippen LogP contribution in [-0.2, 0) is 13.2 Å². The lowest BCUT2D eigenvalue weighted by Crippen LogP contribution is -1.99. The predicted molar refractivity (Wildman–Crippen MR) is 105 cm³/mol. The molecule has 3 aromatic carbocycles. The molecule has 0 radical (unpaired) electrons. The second-order valence-corrected chi connectivity index (χ2v) is 6.18. The first-order valence-corrected chi connectivity index (χ1v) is 8.75. The van der Waals surface area contributed by atoms with Crippen molar-refractivity contribution < 1.29 is 14.6 Å². The van der Waals surface area contributed by atoms with Crippen LogP contribution < -0.4 is 9.47 Å². The summed E-state index contributed by atoms with van der Waals surface area (Å²) in [5, 5.41) is 10.9. The Hall–Kier alpha value is -3.53. The highest BCUT2D eigenvalue weighted by Gasteiger charge is 2.04. The summed E-state index contributed by atoms with van der Waals surface area (Å²) in [7, 11) is 0. The SMILES string of the molecule is Oc1ccccc1COc1cccc(OCc2ccc3ccccc3n2)c1. The molecule has 0 amide bonds. The molecule has 0 saturated carbocycles. The van der Waals surface area contributed by atoms with E-state index in [2.05, 4.69) is 4.98 Å². The van der Waals surface area contributed by atoms with Crippen LogP contribution in [0.25, 0.3) is 10.9 Å². The highest BCUT2D eigenvalue weighted by molar-refractivity contribution is 5.78. The molecule has 4 aromatic rings. The third-order valence-corrected chi connectivity index (χ3v) is 4.23. The molecule has 1 N–H and O–H groups in total. The quantitative estimate of drug-likeness (QED) is 0.522. The van der Waals surface area contributed by atoms with Crippen LogP contribution >= 0.6 is 0 Å². The van der Waals surface area contributed by atoms with Crippen molar-refractivity contribution in [2.75, 3.05) is 0 Å². The maximum absolute atomic E-state index is 9.82. The minimum absolute atomic E-state index is 0.229. The van der Waals surface area contributed by atoms with Crippen molar-refractivity contribution in [2.45, 2.75) is 13.2 Å². The molecule has 134 valence electrons. The number of fused-ring (bicyclic) bond motifs is 1. The largest absolute Gasteiger partial charge is 0.508 e. The number of rotatable bonds is 6. The first-order chi connectivity index (χ1) is 13.3. The molecule has 0 aliphatic heterocycles. The van der Waals surface area contributed by atoms with Crippen LogP contribution in [0.4, 0.5) is 0 Å². The lowest BCUT2D eigenvalue weighted by Gasteiger charge is -2.10. The van der Waals surface area contributed by atoms with Gasteiger partial charge >= 0.3 is 0 Å². The van der Waals surface area contributed by atoms with Gasteiger partial charge in [0.25, 0.3) is 0 Å². The van der Waals surface area contributed by atoms with E-state index in [1.807, 2.05) is 72.8 Å². The van der Waals surface area contributed by atoms with E-state index in [4.69, 9.17) is 9.47 Å². The number of hydrogen-bond acceptors (Lipinski definition) is 4. The van der Waals surface area contributed by atoms with Crippen LogP contribution in [0, 0.1) is 0 Å². The zero-order valence-corrected chi connectivity index (χ0v) is 14.7. The van der Waals surface area contributed by atoms with E-state index in [0.717, 1.165) is 22.2 Å². The van der Waals surface area contributed by atoms with E-state index in [0.29, 0.717) is 24.7 Å². The van der Waals surface area contributed by atoms with E-state index in [-0.39, 0.29) is 5.75 Å². The number of nitrogens with zero attached hydrogens (tertiary/aromatic N) is 1. The van der Waals surface area contributed by atoms with E-state index in [9.17, 15) is 5.11 Å². The molecule has 0 saturated heterocycles. The van der Waals surface area contributed by atoms with Crippen molar-refractivity contribution in [3.8, 4) is 17.2 Å². The highest BCUT2D eigenvalue weighted by Crippen LogP contribution is 2.23. The number of hydrogen-bond donors (Lipinski definition) is 1. The number of aromatic hydroxyl groups is 1. The summed E-state index contributed by atoms with van der Waals surface area (Å²) in [5.74, 6) is 1.62. The number of para-hydroxylation sites is 2. The normalized spacial score (nSPS) is 10.7. The van der Waals surface area contributed by atoms with Gasteiger partial charge in [-0.15, -0.1) is 0 Å². The maximum Gasteiger partial charge on any atom is 0.130 e. The Morgan fingerprint density at radius 3 is 2.30 bits per heavy atom. The van der Waals surface area contributed by atoms with E-state index in [1.54, 1.807) is 12.1 Å². The summed E-state index contributed by atoms with van der Waals surface area (Å²) in [5.41, 5.74) is 2.57. The Morgan fingerprint density at radius 1 is 0.704 bits per heavy atom. The minimum Gasteiger partial charge on any atom is -0.508 e. The molecule has 0 aliphatic carbocycles. The molecule has 1 heterocycles. The van der Waals surface area contributed by atoms with Gasteiger partial charge in [-0.25, -0.2) is 4.98 Å². The highest BCUT2D eigenvalue weighted by atomic mass is 16.5. The Labute approximate surface area is 157 Å². The van der Waals surface area contributed by atoms with Gasteiger partial charge in [0.15, 0.2) is 0 Å². The molecule has 4 nitrogen and oxygen atoms in total. The van der Waals surface area contributed by atoms with Crippen molar-refractivity contribution in [2.24, 2.45) is 0 Å². The summed E-state index contributed by atoms with van der Waals surface area (Å²) in [6.45, 7) is 0.677. The molecule has 0 spiro atoms. The number of phenolic OH excluding ortho intramolecular Hbond substituents is 1. The molecule has 0 aliphatic rings. The first kappa shape index (κ1) is 16.9. The van der Waals surface area contributed by atoms with Crippen molar-refractivity contribution >= 4 is 10.9 Å². The number of aromatic nitrogens is 1. The molecule has 0 atom stereocenters. The number of benzene rings is 3. The summed E-state index contributed by atoms with van der Waals surface area (Å²) in [6, 6.07) is 26.6. The molecule has 27 heavy (non-hydrogen) atoms. The van der Waals surface area contributed by atoms with Crippen molar-refractivity contribution in [1.29, 1.82) is 0 Å². The van der Waals surface area contributed by atoms with Crippen LogP contribution in [0.1, 0.15) is 11.3 Å². The zero-order chi connectivity index (χ0) is 18.5. The van der Waals surface area contributed by atoms with Gasteiger partial charge in [0.2, 0.25) is 0 Å². The van der Waals surface area contributed by atoms with Gasteiger partial charge in [-0.2, -0.15) is 0 Å². The lowest BCUT2D eigenvalue weighted by atomic mass is 10.2. The van der Waals surface area contributed by atoms with Gasteiger partial charge in [0.1, 0.15) is 30.5 Å². The number of pyridine rings is 1. The molecular weight excluding hydrogens is 338 g/mol. The van der Waals surface area contributed by atoms with E-state index < -0.39 is 0 Å². The standard InChI is InChI=1S/C23H19NO3/c25-23-11-4-2-7-18(23)15-26-20-8-5-9-21(14-20)27-16-19-13-12-17-6-1-3-10-22(17)24-19/h1-14,25H,15-16H2. The Balaban J connectivity index is 1.40. The average molecular weight is 357 g/mol. The molecule has 4 heteroatoms. The maximum atomic E-state index is 9.82. The number of ether oxygens (including phenoxy) is 2. The first-order valence-electron chi connectivity index (χ1n) is 8.75. The Bertz CT molecular complexity index is 1060. The molecule has 0 unspecified atom stereocenters. The van der Waals surface area contributed by atoms with Gasteiger partial charge < -0.3 is 14.6 Å². The van der Waals surface area contributed by atoms with Gasteiger partial charge in [-0.1, -0.05) is 48.5 Å². The average Bonchev–Trinajstić information content (AvgIpc) is 2.72. The summed E-state index contributed by atoms with van der Waals surface area (Å²) >= 11 is 0. The molecule has 1 aromatic heterocycles. The molecular formula is C23H19NO3. The van der Waals surface area contributed by atoms with Crippen molar-refractivity contribution in [1.82, 2.24) is 4.98 Å². The summed E-state index contributed by atoms with van der Waals surface area (Å²) in [6.07, 6.45) is 0. The van der Waals surface area contributed by atoms with Gasteiger partial charge in [0, 0.05) is 17.0 Å². The van der Waals surface area contributed by atoms with Gasteiger partial charge in [-0.05, 0) is 30.3 Å². The van der Waals surface area contributed by atoms with Crippen LogP contribution in [-0.4, -0.2) is 10.1 Å². The Kier molecular flexibility index (Phi) is 4.88. The fourth-order valence-electron chi connectivity index (χ4n) is 2.79. The summed E-state index contributed by atoms with van der Waals surface area (Å²) in [4.78, 5) is 4.61. The molecule has 4 rings (SSSR count). The minimum atomic E-state index is 0.229. The fraction of sp³-hybridized carbons (Fsp3) is 0.0870. The summed E-state index contributed by atoms with van der Waals surface area (Å²) < 4.78 is 11.6. The smallest absolute Gasteiger partial charge is 0.130 e. The lowest BCUT2D eigenvalue weighted by molar-refractivity contribution is 0.285. The monoisotopic (exact) mass is 357 g/mol. The molecule has 0 bridgehead atoms. The fourth-order valence-corrected chi connectivity index (χ4v) is 2.79. The Morgan fingerprint density at radius 2 is 1.44 bits per heavy atom. The van der Waals surface area contributed by atoms with Crippen molar-refractivity contribution in [3.63, 3.8) is 0 Å². The van der Waals surface area contributed by atoms with Crippen molar-refractivity contribution in [3.05, 3.63) is 96.2 Å². The van der Waals surface area contributed by atoms with Crippen LogP contribution in [0.15, 0.2) is 84.9 Å². The topological polar surface area (TPSA) is 51.6 Å². The molecule has 0 fully saturated rings. The van der Waals surface area contributed by atoms with Gasteiger partial charge in [0.05, 0.1) is 11.2 Å². The third-order valence-electron chi connectivity index (χ3n) is 4.23. The van der Waals surface area contributed by atoms with Crippen LogP contribution in [0.5, 0.6) is 17.2 Å². The van der Waals surface area contributed by atoms with E-state index in [1.165, 1.54) is 0 Å². The van der Waals surface area contributed by atoms with Gasteiger partial charge in [-0.3, -0.25) is 0 Å². The predicted octanol–water partition coefficient (Wildman–Crippen LogP) is 5.10. The zero-order valence-electron chi connectivity index (χ0n) is 14.7.